The van der Waals surface area contributed by atoms with Gasteiger partial charge in [0.05, 0.1) is 0 Å². The van der Waals surface area contributed by atoms with Crippen LogP contribution in [-0.2, 0) is 10.1 Å². The Morgan fingerprint density at radius 3 is 1.39 bits per heavy atom. The summed E-state index contributed by atoms with van der Waals surface area (Å²) in [6.45, 7) is 0. The van der Waals surface area contributed by atoms with Crippen LogP contribution in [0.15, 0.2) is 140 Å². The summed E-state index contributed by atoms with van der Waals surface area (Å²) in [6.07, 6.45) is 0. The average molecular weight is 605 g/mol. The second-order valence-electron chi connectivity index (χ2n) is 10.4. The van der Waals surface area contributed by atoms with Crippen LogP contribution in [0.25, 0.3) is 65.7 Å². The smallest absolute Gasteiger partial charge is 0.375 e. The first kappa shape index (κ1) is 27.7. The van der Waals surface area contributed by atoms with Crippen molar-refractivity contribution in [2.75, 3.05) is 0 Å². The molecule has 0 unspecified atom stereocenters. The standard InChI is InChI=1S/C37H23F3O3S/c38-37(39,40)44(41,42)43-33-22-21-24-19-20-27(23-32(24)36(33)26-13-5-2-6-14-26)35-30-17-9-7-15-28(30)34(25-11-3-1-4-12-25)29-16-8-10-18-31(29)35/h1-23H. The number of alkyl halides is 3. The van der Waals surface area contributed by atoms with Gasteiger partial charge in [-0.3, -0.25) is 0 Å². The highest BCUT2D eigenvalue weighted by atomic mass is 32.2. The Hall–Kier alpha value is -5.14. The molecule has 0 bridgehead atoms. The van der Waals surface area contributed by atoms with Gasteiger partial charge in [-0.15, -0.1) is 0 Å². The van der Waals surface area contributed by atoms with E-state index in [1.807, 2.05) is 60.7 Å². The predicted molar refractivity (Wildman–Crippen MR) is 171 cm³/mol. The van der Waals surface area contributed by atoms with E-state index < -0.39 is 21.4 Å². The van der Waals surface area contributed by atoms with Crippen LogP contribution in [0, 0.1) is 0 Å². The molecule has 0 saturated heterocycles. The van der Waals surface area contributed by atoms with Crippen LogP contribution < -0.4 is 4.18 Å². The van der Waals surface area contributed by atoms with Crippen molar-refractivity contribution in [2.45, 2.75) is 5.51 Å². The molecule has 0 spiro atoms. The summed E-state index contributed by atoms with van der Waals surface area (Å²) >= 11 is 0. The fourth-order valence-corrected chi connectivity index (χ4v) is 6.42. The van der Waals surface area contributed by atoms with Crippen LogP contribution in [0.4, 0.5) is 13.2 Å². The highest BCUT2D eigenvalue weighted by molar-refractivity contribution is 7.88. The van der Waals surface area contributed by atoms with Gasteiger partial charge in [-0.2, -0.15) is 21.6 Å². The second kappa shape index (κ2) is 10.5. The zero-order valence-electron chi connectivity index (χ0n) is 23.0. The van der Waals surface area contributed by atoms with Gasteiger partial charge in [0.15, 0.2) is 5.75 Å². The third kappa shape index (κ3) is 4.66. The topological polar surface area (TPSA) is 43.4 Å². The maximum atomic E-state index is 13.4. The van der Waals surface area contributed by atoms with E-state index in [4.69, 9.17) is 4.18 Å². The lowest BCUT2D eigenvalue weighted by Gasteiger charge is -2.19. The van der Waals surface area contributed by atoms with Gasteiger partial charge in [0.2, 0.25) is 0 Å². The summed E-state index contributed by atoms with van der Waals surface area (Å²) in [7, 11) is -5.90. The molecule has 7 rings (SSSR count). The van der Waals surface area contributed by atoms with Gasteiger partial charge in [0, 0.05) is 5.56 Å². The number of hydrogen-bond donors (Lipinski definition) is 0. The Kier molecular flexibility index (Phi) is 6.63. The number of benzene rings is 7. The SMILES string of the molecule is O=S(=O)(Oc1ccc2ccc(-c3c4ccccc4c(-c4ccccc4)c4ccccc34)cc2c1-c1ccccc1)C(F)(F)F. The summed E-state index contributed by atoms with van der Waals surface area (Å²) < 4.78 is 69.2. The third-order valence-corrected chi connectivity index (χ3v) is 8.78. The summed E-state index contributed by atoms with van der Waals surface area (Å²) in [4.78, 5) is 0. The van der Waals surface area contributed by atoms with E-state index in [1.165, 1.54) is 6.07 Å². The molecule has 0 aliphatic rings. The minimum Gasteiger partial charge on any atom is -0.375 e. The van der Waals surface area contributed by atoms with Crippen LogP contribution in [0.1, 0.15) is 0 Å². The first-order valence-corrected chi connectivity index (χ1v) is 15.3. The summed E-state index contributed by atoms with van der Waals surface area (Å²) in [5.41, 5.74) is -0.799. The van der Waals surface area contributed by atoms with E-state index in [0.717, 1.165) is 49.2 Å². The van der Waals surface area contributed by atoms with Gasteiger partial charge in [0.1, 0.15) is 0 Å². The van der Waals surface area contributed by atoms with Crippen molar-refractivity contribution >= 4 is 42.4 Å². The van der Waals surface area contributed by atoms with Crippen LogP contribution in [-0.4, -0.2) is 13.9 Å². The van der Waals surface area contributed by atoms with E-state index in [1.54, 1.807) is 36.4 Å². The number of fused-ring (bicyclic) bond motifs is 3. The molecule has 44 heavy (non-hydrogen) atoms. The average Bonchev–Trinajstić information content (AvgIpc) is 3.03. The third-order valence-electron chi connectivity index (χ3n) is 7.81. The van der Waals surface area contributed by atoms with Crippen LogP contribution in [0.3, 0.4) is 0 Å². The van der Waals surface area contributed by atoms with E-state index >= 15 is 0 Å². The highest BCUT2D eigenvalue weighted by Crippen LogP contribution is 2.46. The van der Waals surface area contributed by atoms with E-state index in [0.29, 0.717) is 10.9 Å². The van der Waals surface area contributed by atoms with Crippen LogP contribution >= 0.6 is 0 Å². The first-order valence-electron chi connectivity index (χ1n) is 13.8. The molecule has 0 aromatic heterocycles. The first-order chi connectivity index (χ1) is 21.2. The van der Waals surface area contributed by atoms with Gasteiger partial charge < -0.3 is 4.18 Å². The largest absolute Gasteiger partial charge is 0.534 e. The Labute approximate surface area is 251 Å². The van der Waals surface area contributed by atoms with Gasteiger partial charge >= 0.3 is 15.6 Å². The van der Waals surface area contributed by atoms with Crippen molar-refractivity contribution in [3.8, 4) is 39.1 Å². The van der Waals surface area contributed by atoms with E-state index in [2.05, 4.69) is 36.4 Å². The molecular formula is C37H23F3O3S. The maximum Gasteiger partial charge on any atom is 0.534 e. The summed E-state index contributed by atoms with van der Waals surface area (Å²) in [5, 5.41) is 5.42. The fraction of sp³-hybridized carbons (Fsp3) is 0.0270. The van der Waals surface area contributed by atoms with Gasteiger partial charge in [-0.25, -0.2) is 0 Å². The molecule has 0 radical (unpaired) electrons. The lowest BCUT2D eigenvalue weighted by atomic mass is 9.85. The molecular weight excluding hydrogens is 581 g/mol. The van der Waals surface area contributed by atoms with Gasteiger partial charge in [-0.1, -0.05) is 127 Å². The monoisotopic (exact) mass is 604 g/mol. The molecule has 7 aromatic carbocycles. The molecule has 0 aliphatic heterocycles. The molecule has 7 aromatic rings. The molecule has 216 valence electrons. The minimum atomic E-state index is -5.90. The van der Waals surface area contributed by atoms with Crippen molar-refractivity contribution in [1.29, 1.82) is 0 Å². The van der Waals surface area contributed by atoms with Crippen molar-refractivity contribution in [1.82, 2.24) is 0 Å². The van der Waals surface area contributed by atoms with Crippen LogP contribution in [0.2, 0.25) is 0 Å². The Bertz CT molecular complexity index is 2240. The quantitative estimate of drug-likeness (QED) is 0.112. The van der Waals surface area contributed by atoms with Crippen molar-refractivity contribution in [2.24, 2.45) is 0 Å². The second-order valence-corrected chi connectivity index (χ2v) is 12.0. The van der Waals surface area contributed by atoms with Crippen LogP contribution in [0.5, 0.6) is 5.75 Å². The zero-order valence-corrected chi connectivity index (χ0v) is 23.9. The zero-order chi connectivity index (χ0) is 30.5. The molecule has 0 saturated carbocycles. The Morgan fingerprint density at radius 1 is 0.455 bits per heavy atom. The van der Waals surface area contributed by atoms with E-state index in [-0.39, 0.29) is 5.56 Å². The molecule has 7 heteroatoms. The summed E-state index contributed by atoms with van der Waals surface area (Å²) in [5.74, 6) is -0.396. The fourth-order valence-electron chi connectivity index (χ4n) is 5.95. The van der Waals surface area contributed by atoms with Gasteiger partial charge in [0.25, 0.3) is 0 Å². The summed E-state index contributed by atoms with van der Waals surface area (Å²) in [6, 6.07) is 43.8. The Morgan fingerprint density at radius 2 is 0.886 bits per heavy atom. The lowest BCUT2D eigenvalue weighted by molar-refractivity contribution is -0.0499. The molecule has 0 N–H and O–H groups in total. The molecule has 0 fully saturated rings. The molecule has 0 aliphatic carbocycles. The van der Waals surface area contributed by atoms with Crippen molar-refractivity contribution < 1.29 is 25.8 Å². The maximum absolute atomic E-state index is 13.4. The highest BCUT2D eigenvalue weighted by Gasteiger charge is 2.49. The van der Waals surface area contributed by atoms with Crippen molar-refractivity contribution in [3.05, 3.63) is 140 Å². The van der Waals surface area contributed by atoms with E-state index in [9.17, 15) is 21.6 Å². The van der Waals surface area contributed by atoms with Gasteiger partial charge in [-0.05, 0) is 72.3 Å². The number of rotatable bonds is 5. The molecule has 0 amide bonds. The number of hydrogen-bond acceptors (Lipinski definition) is 3. The normalized spacial score (nSPS) is 12.2. The minimum absolute atomic E-state index is 0.257. The molecule has 0 heterocycles. The number of halogens is 3. The molecule has 3 nitrogen and oxygen atoms in total. The Balaban J connectivity index is 1.55. The molecule has 0 atom stereocenters. The van der Waals surface area contributed by atoms with Crippen molar-refractivity contribution in [3.63, 3.8) is 0 Å². The predicted octanol–water partition coefficient (Wildman–Crippen LogP) is 10.4. The lowest BCUT2D eigenvalue weighted by Crippen LogP contribution is -2.28.